The predicted octanol–water partition coefficient (Wildman–Crippen LogP) is 2.12. The summed E-state index contributed by atoms with van der Waals surface area (Å²) in [5.74, 6) is 3.42. The van der Waals surface area contributed by atoms with Crippen LogP contribution in [0.5, 0.6) is 5.75 Å². The quantitative estimate of drug-likeness (QED) is 0.344. The number of para-hydroxylation sites is 1. The van der Waals surface area contributed by atoms with Gasteiger partial charge in [0, 0.05) is 31.7 Å². The molecule has 0 amide bonds. The van der Waals surface area contributed by atoms with E-state index in [1.807, 2.05) is 28.9 Å². The molecule has 1 atom stereocenters. The maximum Gasteiger partial charge on any atom is 0.191 e. The van der Waals surface area contributed by atoms with Crippen LogP contribution in [0.1, 0.15) is 30.6 Å². The summed E-state index contributed by atoms with van der Waals surface area (Å²) in [6.45, 7) is 4.63. The Kier molecular flexibility index (Phi) is 8.97. The fourth-order valence-electron chi connectivity index (χ4n) is 3.18. The van der Waals surface area contributed by atoms with E-state index < -0.39 is 0 Å². The Morgan fingerprint density at radius 1 is 1.32 bits per heavy atom. The molecule has 0 saturated heterocycles. The molecule has 9 heteroatoms. The fourth-order valence-corrected chi connectivity index (χ4v) is 3.18. The van der Waals surface area contributed by atoms with Gasteiger partial charge in [0.25, 0.3) is 0 Å². The van der Waals surface area contributed by atoms with E-state index in [4.69, 9.17) is 14.5 Å². The minimum Gasteiger partial charge on any atom is -0.496 e. The molecule has 0 aliphatic carbocycles. The number of aliphatic imine (C=N–C) groups is 1. The molecular weight excluding hydrogens is 471 g/mol. The lowest BCUT2D eigenvalue weighted by molar-refractivity contribution is 0.177. The van der Waals surface area contributed by atoms with E-state index in [2.05, 4.69) is 27.6 Å². The number of hydrogen-bond donors (Lipinski definition) is 2. The molecule has 1 unspecified atom stereocenters. The predicted molar refractivity (Wildman–Crippen MR) is 119 cm³/mol. The average Bonchev–Trinajstić information content (AvgIpc) is 3.08. The minimum atomic E-state index is 0. The normalized spacial score (nSPS) is 16.1. The van der Waals surface area contributed by atoms with Crippen molar-refractivity contribution in [2.45, 2.75) is 45.5 Å². The van der Waals surface area contributed by atoms with Gasteiger partial charge >= 0.3 is 0 Å². The standard InChI is InChI=1S/C19H28N6O2.HI/c1-4-20-19(21-11-14-7-5-6-8-16(14)27-3)22-15-9-10-18-23-17(13-26-2)24-25(18)12-15;/h5-8,15H,4,9-13H2,1-3H3,(H2,20,21,22);1H. The fraction of sp³-hybridized carbons (Fsp3) is 0.526. The highest BCUT2D eigenvalue weighted by Crippen LogP contribution is 2.18. The Bertz CT molecular complexity index is 780. The second-order valence-electron chi connectivity index (χ2n) is 6.45. The average molecular weight is 500 g/mol. The highest BCUT2D eigenvalue weighted by molar-refractivity contribution is 14.0. The molecule has 2 N–H and O–H groups in total. The van der Waals surface area contributed by atoms with Crippen LogP contribution in [0.25, 0.3) is 0 Å². The van der Waals surface area contributed by atoms with Crippen molar-refractivity contribution in [1.29, 1.82) is 0 Å². The summed E-state index contributed by atoms with van der Waals surface area (Å²) in [4.78, 5) is 9.25. The molecule has 28 heavy (non-hydrogen) atoms. The lowest BCUT2D eigenvalue weighted by Crippen LogP contribution is -2.47. The number of guanidine groups is 1. The van der Waals surface area contributed by atoms with E-state index in [1.54, 1.807) is 14.2 Å². The van der Waals surface area contributed by atoms with Crippen molar-refractivity contribution in [3.05, 3.63) is 41.5 Å². The van der Waals surface area contributed by atoms with Gasteiger partial charge in [-0.25, -0.2) is 14.7 Å². The summed E-state index contributed by atoms with van der Waals surface area (Å²) in [5.41, 5.74) is 1.06. The first kappa shape index (κ1) is 22.4. The van der Waals surface area contributed by atoms with Gasteiger partial charge in [0.2, 0.25) is 0 Å². The van der Waals surface area contributed by atoms with E-state index in [0.717, 1.165) is 54.9 Å². The van der Waals surface area contributed by atoms with E-state index >= 15 is 0 Å². The molecule has 0 bridgehead atoms. The number of rotatable bonds is 7. The molecule has 154 valence electrons. The Labute approximate surface area is 183 Å². The Morgan fingerprint density at radius 3 is 2.89 bits per heavy atom. The number of methoxy groups -OCH3 is 2. The maximum absolute atomic E-state index is 5.41. The topological polar surface area (TPSA) is 85.6 Å². The Morgan fingerprint density at radius 2 is 2.14 bits per heavy atom. The van der Waals surface area contributed by atoms with Gasteiger partial charge in [-0.3, -0.25) is 0 Å². The van der Waals surface area contributed by atoms with E-state index in [-0.39, 0.29) is 30.0 Å². The number of fused-ring (bicyclic) bond motifs is 1. The molecule has 2 heterocycles. The largest absolute Gasteiger partial charge is 0.496 e. The van der Waals surface area contributed by atoms with Crippen LogP contribution in [0.4, 0.5) is 0 Å². The van der Waals surface area contributed by atoms with Crippen LogP contribution in [0.3, 0.4) is 0 Å². The second-order valence-corrected chi connectivity index (χ2v) is 6.45. The summed E-state index contributed by atoms with van der Waals surface area (Å²) >= 11 is 0. The minimum absolute atomic E-state index is 0. The van der Waals surface area contributed by atoms with Gasteiger partial charge in [0.1, 0.15) is 18.2 Å². The number of benzene rings is 1. The van der Waals surface area contributed by atoms with Crippen molar-refractivity contribution in [2.75, 3.05) is 20.8 Å². The molecule has 1 aromatic heterocycles. The molecule has 1 aromatic carbocycles. The van der Waals surface area contributed by atoms with Crippen LogP contribution in [-0.4, -0.2) is 47.5 Å². The van der Waals surface area contributed by atoms with Gasteiger partial charge in [-0.15, -0.1) is 24.0 Å². The summed E-state index contributed by atoms with van der Waals surface area (Å²) in [5, 5.41) is 11.4. The molecular formula is C19H29IN6O2. The van der Waals surface area contributed by atoms with Crippen LogP contribution in [0.15, 0.2) is 29.3 Å². The van der Waals surface area contributed by atoms with Gasteiger partial charge in [-0.2, -0.15) is 5.10 Å². The van der Waals surface area contributed by atoms with Crippen molar-refractivity contribution < 1.29 is 9.47 Å². The van der Waals surface area contributed by atoms with E-state index in [1.165, 1.54) is 0 Å². The van der Waals surface area contributed by atoms with E-state index in [9.17, 15) is 0 Å². The first-order valence-corrected chi connectivity index (χ1v) is 9.31. The van der Waals surface area contributed by atoms with Crippen molar-refractivity contribution in [3.8, 4) is 5.75 Å². The Hall–Kier alpha value is -1.88. The number of nitrogens with one attached hydrogen (secondary N) is 2. The van der Waals surface area contributed by atoms with E-state index in [0.29, 0.717) is 13.2 Å². The van der Waals surface area contributed by atoms with Crippen LogP contribution >= 0.6 is 24.0 Å². The molecule has 1 aliphatic rings. The SMILES string of the molecule is CCNC(=NCc1ccccc1OC)NC1CCc2nc(COC)nn2C1.I. The molecule has 0 saturated carbocycles. The summed E-state index contributed by atoms with van der Waals surface area (Å²) in [6.07, 6.45) is 1.88. The highest BCUT2D eigenvalue weighted by Gasteiger charge is 2.22. The van der Waals surface area contributed by atoms with Crippen LogP contribution < -0.4 is 15.4 Å². The molecule has 0 spiro atoms. The van der Waals surface area contributed by atoms with Crippen molar-refractivity contribution in [1.82, 2.24) is 25.4 Å². The lowest BCUT2D eigenvalue weighted by Gasteiger charge is -2.25. The van der Waals surface area contributed by atoms with Crippen molar-refractivity contribution in [2.24, 2.45) is 4.99 Å². The maximum atomic E-state index is 5.41. The monoisotopic (exact) mass is 500 g/mol. The van der Waals surface area contributed by atoms with Crippen LogP contribution in [0, 0.1) is 0 Å². The molecule has 0 fully saturated rings. The van der Waals surface area contributed by atoms with Crippen molar-refractivity contribution >= 4 is 29.9 Å². The number of aryl methyl sites for hydroxylation is 1. The van der Waals surface area contributed by atoms with Crippen LogP contribution in [0.2, 0.25) is 0 Å². The highest BCUT2D eigenvalue weighted by atomic mass is 127. The first-order valence-electron chi connectivity index (χ1n) is 9.31. The number of aromatic nitrogens is 3. The smallest absolute Gasteiger partial charge is 0.191 e. The van der Waals surface area contributed by atoms with Gasteiger partial charge in [0.05, 0.1) is 20.2 Å². The van der Waals surface area contributed by atoms with Crippen LogP contribution in [-0.2, 0) is 30.9 Å². The van der Waals surface area contributed by atoms with Gasteiger partial charge in [-0.1, -0.05) is 18.2 Å². The molecule has 2 aromatic rings. The zero-order chi connectivity index (χ0) is 19.1. The third kappa shape index (κ3) is 5.81. The summed E-state index contributed by atoms with van der Waals surface area (Å²) < 4.78 is 12.5. The van der Waals surface area contributed by atoms with Gasteiger partial charge in [-0.05, 0) is 19.4 Å². The third-order valence-electron chi connectivity index (χ3n) is 4.46. The second kappa shape index (κ2) is 11.2. The van der Waals surface area contributed by atoms with Gasteiger partial charge in [0.15, 0.2) is 11.8 Å². The zero-order valence-electron chi connectivity index (χ0n) is 16.6. The Balaban J connectivity index is 0.00000280. The summed E-state index contributed by atoms with van der Waals surface area (Å²) in [7, 11) is 3.34. The lowest BCUT2D eigenvalue weighted by atomic mass is 10.1. The van der Waals surface area contributed by atoms with Crippen molar-refractivity contribution in [3.63, 3.8) is 0 Å². The molecule has 0 radical (unpaired) electrons. The molecule has 3 rings (SSSR count). The third-order valence-corrected chi connectivity index (χ3v) is 4.46. The molecule has 8 nitrogen and oxygen atoms in total. The number of hydrogen-bond acceptors (Lipinski definition) is 5. The zero-order valence-corrected chi connectivity index (χ0v) is 19.0. The summed E-state index contributed by atoms with van der Waals surface area (Å²) in [6, 6.07) is 8.20. The molecule has 1 aliphatic heterocycles. The first-order chi connectivity index (χ1) is 13.2. The number of nitrogens with zero attached hydrogens (tertiary/aromatic N) is 4. The number of halogens is 1. The number of ether oxygens (including phenoxy) is 2. The van der Waals surface area contributed by atoms with Gasteiger partial charge < -0.3 is 20.1 Å².